The normalized spacial score (nSPS) is 12.0. The minimum Gasteiger partial charge on any atom is -0.305 e. The standard InChI is InChI=1S/C24H17FNS.C15H18NSi.Ir/c1-14(2)15-10-11-26-21(12-15)18-8-5-9-19-23-17-7-4-3-6-16(17)20(25)13-22(23)27-24(18)19;1-12-10-14(13-8-6-5-7-9-13)16-11-15(12)17(2,3)4;/h3-7,9-14H,1-2H3;5-8,10-11H,1-4H3;/q2*-1;/i14D;;. The molecule has 4 aromatic carbocycles. The van der Waals surface area contributed by atoms with Gasteiger partial charge in [0.05, 0.1) is 8.07 Å². The van der Waals surface area contributed by atoms with Crippen molar-refractivity contribution in [1.29, 1.82) is 0 Å². The first kappa shape index (κ1) is 31.4. The van der Waals surface area contributed by atoms with Crippen molar-refractivity contribution in [2.45, 2.75) is 46.3 Å². The van der Waals surface area contributed by atoms with Crippen LogP contribution in [-0.2, 0) is 20.1 Å². The van der Waals surface area contributed by atoms with Gasteiger partial charge in [0.25, 0.3) is 0 Å². The van der Waals surface area contributed by atoms with Crippen molar-refractivity contribution in [3.63, 3.8) is 0 Å². The molecule has 3 aromatic heterocycles. The Bertz CT molecular complexity index is 2170. The number of nitrogens with zero attached hydrogens (tertiary/aromatic N) is 2. The van der Waals surface area contributed by atoms with Crippen LogP contribution in [0.4, 0.5) is 4.39 Å². The molecule has 0 N–H and O–H groups in total. The van der Waals surface area contributed by atoms with Gasteiger partial charge >= 0.3 is 0 Å². The molecule has 0 aliphatic carbocycles. The summed E-state index contributed by atoms with van der Waals surface area (Å²) >= 11 is 1.57. The number of fused-ring (bicyclic) bond motifs is 5. The van der Waals surface area contributed by atoms with Gasteiger partial charge in [-0.05, 0) is 57.0 Å². The summed E-state index contributed by atoms with van der Waals surface area (Å²) in [7, 11) is -1.27. The Balaban J connectivity index is 0.000000200. The third kappa shape index (κ3) is 6.71. The van der Waals surface area contributed by atoms with Gasteiger partial charge in [-0.15, -0.1) is 59.7 Å². The number of pyridine rings is 2. The largest absolute Gasteiger partial charge is 0.305 e. The van der Waals surface area contributed by atoms with Crippen molar-refractivity contribution in [2.24, 2.45) is 0 Å². The Morgan fingerprint density at radius 3 is 2.29 bits per heavy atom. The summed E-state index contributed by atoms with van der Waals surface area (Å²) in [5.74, 6) is -0.901. The van der Waals surface area contributed by atoms with E-state index in [1.807, 2.05) is 80.6 Å². The van der Waals surface area contributed by atoms with Crippen molar-refractivity contribution in [3.05, 3.63) is 126 Å². The quantitative estimate of drug-likeness (QED) is 0.131. The number of aromatic nitrogens is 2. The summed E-state index contributed by atoms with van der Waals surface area (Å²) in [4.78, 5) is 9.12. The number of rotatable bonds is 4. The fourth-order valence-electron chi connectivity index (χ4n) is 5.67. The van der Waals surface area contributed by atoms with Crippen LogP contribution in [0.25, 0.3) is 53.5 Å². The fourth-order valence-corrected chi connectivity index (χ4v) is 8.63. The predicted molar refractivity (Wildman–Crippen MR) is 189 cm³/mol. The molecule has 0 unspecified atom stereocenters. The van der Waals surface area contributed by atoms with Crippen LogP contribution in [0.5, 0.6) is 0 Å². The number of thiophene rings is 1. The zero-order valence-electron chi connectivity index (χ0n) is 27.3. The smallest absolute Gasteiger partial charge is 0.132 e. The van der Waals surface area contributed by atoms with E-state index in [2.05, 4.69) is 67.0 Å². The van der Waals surface area contributed by atoms with Gasteiger partial charge in [-0.2, -0.15) is 11.3 Å². The van der Waals surface area contributed by atoms with E-state index in [0.29, 0.717) is 5.39 Å². The second-order valence-electron chi connectivity index (χ2n) is 12.3. The van der Waals surface area contributed by atoms with E-state index in [1.165, 1.54) is 10.8 Å². The van der Waals surface area contributed by atoms with E-state index < -0.39 is 14.0 Å². The van der Waals surface area contributed by atoms with Crippen molar-refractivity contribution >= 4 is 55.5 Å². The maximum atomic E-state index is 14.6. The molecule has 229 valence electrons. The summed E-state index contributed by atoms with van der Waals surface area (Å²) in [5, 5.41) is 5.17. The van der Waals surface area contributed by atoms with Crippen LogP contribution >= 0.6 is 11.3 Å². The third-order valence-corrected chi connectivity index (χ3v) is 11.2. The number of halogens is 1. The van der Waals surface area contributed by atoms with Gasteiger partial charge in [0.2, 0.25) is 0 Å². The minimum absolute atomic E-state index is 0. The van der Waals surface area contributed by atoms with Gasteiger partial charge < -0.3 is 9.97 Å². The molecular formula is C39H35FIrN2SSi-2. The second kappa shape index (κ2) is 13.4. The number of hydrogen-bond acceptors (Lipinski definition) is 3. The Kier molecular flexibility index (Phi) is 9.39. The Hall–Kier alpha value is -3.54. The molecular weight excluding hydrogens is 768 g/mol. The Morgan fingerprint density at radius 1 is 0.844 bits per heavy atom. The molecule has 0 aliphatic rings. The van der Waals surface area contributed by atoms with Crippen LogP contribution < -0.4 is 5.19 Å². The summed E-state index contributed by atoms with van der Waals surface area (Å²) in [6.07, 6.45) is 3.80. The molecule has 7 aromatic rings. The van der Waals surface area contributed by atoms with E-state index in [1.54, 1.807) is 23.6 Å². The average Bonchev–Trinajstić information content (AvgIpc) is 3.39. The van der Waals surface area contributed by atoms with Crippen LogP contribution in [0.3, 0.4) is 0 Å². The molecule has 0 bridgehead atoms. The Morgan fingerprint density at radius 2 is 1.60 bits per heavy atom. The molecule has 0 aliphatic heterocycles. The first-order valence-electron chi connectivity index (χ1n) is 15.3. The van der Waals surface area contributed by atoms with Gasteiger partial charge in [-0.25, -0.2) is 4.39 Å². The zero-order valence-corrected chi connectivity index (χ0v) is 30.5. The van der Waals surface area contributed by atoms with Crippen molar-refractivity contribution in [2.75, 3.05) is 0 Å². The van der Waals surface area contributed by atoms with Crippen molar-refractivity contribution < 1.29 is 25.9 Å². The van der Waals surface area contributed by atoms with E-state index in [0.717, 1.165) is 53.6 Å². The molecule has 2 nitrogen and oxygen atoms in total. The number of aryl methyl sites for hydroxylation is 1. The maximum absolute atomic E-state index is 14.6. The van der Waals surface area contributed by atoms with Crippen molar-refractivity contribution in [3.8, 4) is 22.5 Å². The van der Waals surface area contributed by atoms with Crippen LogP contribution in [0, 0.1) is 24.9 Å². The zero-order chi connectivity index (χ0) is 31.9. The van der Waals surface area contributed by atoms with Gasteiger partial charge in [-0.1, -0.05) is 86.4 Å². The molecule has 0 atom stereocenters. The van der Waals surface area contributed by atoms with Crippen LogP contribution in [0.15, 0.2) is 97.3 Å². The average molecular weight is 804 g/mol. The molecule has 0 amide bonds. The Labute approximate surface area is 285 Å². The predicted octanol–water partition coefficient (Wildman–Crippen LogP) is 10.7. The van der Waals surface area contributed by atoms with E-state index in [4.69, 9.17) is 1.37 Å². The van der Waals surface area contributed by atoms with Gasteiger partial charge in [0.1, 0.15) is 5.82 Å². The second-order valence-corrected chi connectivity index (χ2v) is 18.4. The molecule has 1 radical (unpaired) electrons. The minimum atomic E-state index is -1.27. The van der Waals surface area contributed by atoms with Crippen LogP contribution in [0.1, 0.15) is 32.2 Å². The van der Waals surface area contributed by atoms with Gasteiger partial charge in [-0.3, -0.25) is 0 Å². The summed E-state index contributed by atoms with van der Waals surface area (Å²) in [6, 6.07) is 33.7. The monoisotopic (exact) mass is 804 g/mol. The fraction of sp³-hybridized carbons (Fsp3) is 0.179. The number of hydrogen-bond donors (Lipinski definition) is 0. The molecule has 7 rings (SSSR count). The SMILES string of the molecule is Cc1cc(-c2[c-]cccc2)ncc1[Si](C)(C)C.[2H]C(C)(C)c1ccnc(-c2[c-]ccc3c2sc2cc(F)c4ccccc4c23)c1.[Ir]. The summed E-state index contributed by atoms with van der Waals surface area (Å²) in [6.45, 7) is 13.0. The van der Waals surface area contributed by atoms with E-state index in [9.17, 15) is 4.39 Å². The third-order valence-electron chi connectivity index (χ3n) is 7.89. The molecule has 0 spiro atoms. The van der Waals surface area contributed by atoms with E-state index in [-0.39, 0.29) is 25.9 Å². The summed E-state index contributed by atoms with van der Waals surface area (Å²) in [5.41, 5.74) is 6.03. The van der Waals surface area contributed by atoms with Crippen LogP contribution in [0.2, 0.25) is 19.6 Å². The number of benzene rings is 4. The van der Waals surface area contributed by atoms with Gasteiger partial charge in [0.15, 0.2) is 0 Å². The first-order chi connectivity index (χ1) is 21.4. The molecule has 6 heteroatoms. The molecule has 0 saturated heterocycles. The topological polar surface area (TPSA) is 25.8 Å². The summed E-state index contributed by atoms with van der Waals surface area (Å²) < 4.78 is 24.9. The maximum Gasteiger partial charge on any atom is 0.132 e. The molecule has 0 fully saturated rings. The van der Waals surface area contributed by atoms with Gasteiger partial charge in [0, 0.05) is 44.0 Å². The molecule has 45 heavy (non-hydrogen) atoms. The molecule has 0 saturated carbocycles. The first-order valence-corrected chi connectivity index (χ1v) is 19.1. The van der Waals surface area contributed by atoms with E-state index >= 15 is 0 Å². The van der Waals surface area contributed by atoms with Crippen molar-refractivity contribution in [1.82, 2.24) is 9.97 Å². The molecule has 3 heterocycles. The van der Waals surface area contributed by atoms with Crippen LogP contribution in [-0.4, -0.2) is 18.0 Å².